The summed E-state index contributed by atoms with van der Waals surface area (Å²) in [5.74, 6) is -0.101. The molecule has 0 radical (unpaired) electrons. The lowest BCUT2D eigenvalue weighted by molar-refractivity contribution is 0.0981. The van der Waals surface area contributed by atoms with Gasteiger partial charge in [-0.15, -0.1) is 12.4 Å². The van der Waals surface area contributed by atoms with E-state index < -0.39 is 0 Å². The first-order valence-electron chi connectivity index (χ1n) is 9.71. The Morgan fingerprint density at radius 1 is 1.00 bits per heavy atom. The first-order valence-corrected chi connectivity index (χ1v) is 10.5. The fourth-order valence-electron chi connectivity index (χ4n) is 3.31. The number of ketones is 1. The average Bonchev–Trinajstić information content (AvgIpc) is 3.08. The number of Topliss-reactive ketones (excluding diaryl/α,β-unsaturated/α-hetero) is 1. The zero-order chi connectivity index (χ0) is 21.1. The van der Waals surface area contributed by atoms with Gasteiger partial charge in [-0.3, -0.25) is 14.5 Å². The van der Waals surface area contributed by atoms with Crippen LogP contribution in [0.2, 0.25) is 0 Å². The molecule has 1 amide bonds. The highest BCUT2D eigenvalue weighted by Gasteiger charge is 2.22. The van der Waals surface area contributed by atoms with E-state index in [0.29, 0.717) is 22.8 Å². The van der Waals surface area contributed by atoms with E-state index in [1.165, 1.54) is 12.5 Å². The number of hydrogen-bond donors (Lipinski definition) is 0. The highest BCUT2D eigenvalue weighted by atomic mass is 35.5. The van der Waals surface area contributed by atoms with Gasteiger partial charge in [-0.1, -0.05) is 29.5 Å². The molecule has 0 aliphatic carbocycles. The summed E-state index contributed by atoms with van der Waals surface area (Å²) in [5.41, 5.74) is 4.43. The molecule has 0 saturated carbocycles. The van der Waals surface area contributed by atoms with Crippen LogP contribution in [0.25, 0.3) is 10.2 Å². The predicted octanol–water partition coefficient (Wildman–Crippen LogP) is 5.14. The number of carbonyl (C=O) groups excluding carboxylic acids is 2. The standard InChI is InChI=1S/C23H27N3O2S.ClH/c1-15-13-16(2)21-20(14-15)29-23(24-21)26(12-6-11-25(4)5)22(28)19-9-7-18(8-10-19)17(3)27;/h7-10,13-14H,6,11-12H2,1-5H3;1H. The normalized spacial score (nSPS) is 10.9. The van der Waals surface area contributed by atoms with Crippen LogP contribution in [0.15, 0.2) is 36.4 Å². The van der Waals surface area contributed by atoms with E-state index in [0.717, 1.165) is 28.7 Å². The van der Waals surface area contributed by atoms with E-state index in [4.69, 9.17) is 4.98 Å². The Hall–Kier alpha value is -2.28. The summed E-state index contributed by atoms with van der Waals surface area (Å²) in [6.07, 6.45) is 0.845. The lowest BCUT2D eigenvalue weighted by atomic mass is 10.1. The molecule has 7 heteroatoms. The average molecular weight is 446 g/mol. The number of nitrogens with zero attached hydrogens (tertiary/aromatic N) is 3. The second kappa shape index (κ2) is 10.2. The monoisotopic (exact) mass is 445 g/mol. The van der Waals surface area contributed by atoms with Gasteiger partial charge in [-0.2, -0.15) is 0 Å². The number of hydrogen-bond acceptors (Lipinski definition) is 5. The van der Waals surface area contributed by atoms with Crippen molar-refractivity contribution in [3.63, 3.8) is 0 Å². The fraction of sp³-hybridized carbons (Fsp3) is 0.348. The molecule has 3 aromatic rings. The summed E-state index contributed by atoms with van der Waals surface area (Å²) < 4.78 is 1.09. The number of benzene rings is 2. The van der Waals surface area contributed by atoms with Gasteiger partial charge < -0.3 is 4.90 Å². The topological polar surface area (TPSA) is 53.5 Å². The van der Waals surface area contributed by atoms with Gasteiger partial charge in [0.1, 0.15) is 0 Å². The van der Waals surface area contributed by atoms with Crippen molar-refractivity contribution in [1.82, 2.24) is 9.88 Å². The Morgan fingerprint density at radius 3 is 2.23 bits per heavy atom. The number of amides is 1. The first-order chi connectivity index (χ1) is 13.8. The number of rotatable bonds is 7. The van der Waals surface area contributed by atoms with Gasteiger partial charge in [0, 0.05) is 17.7 Å². The molecule has 0 N–H and O–H groups in total. The zero-order valence-electron chi connectivity index (χ0n) is 18.1. The molecule has 0 saturated heterocycles. The maximum atomic E-state index is 13.3. The number of aryl methyl sites for hydroxylation is 2. The van der Waals surface area contributed by atoms with Gasteiger partial charge in [0.25, 0.3) is 5.91 Å². The number of thiazole rings is 1. The van der Waals surface area contributed by atoms with Crippen LogP contribution < -0.4 is 4.90 Å². The number of fused-ring (bicyclic) bond motifs is 1. The lowest BCUT2D eigenvalue weighted by Crippen LogP contribution is -2.33. The maximum Gasteiger partial charge on any atom is 0.260 e. The second-order valence-electron chi connectivity index (χ2n) is 7.67. The molecule has 3 rings (SSSR count). The van der Waals surface area contributed by atoms with E-state index in [9.17, 15) is 9.59 Å². The molecular weight excluding hydrogens is 418 g/mol. The van der Waals surface area contributed by atoms with Crippen LogP contribution in [-0.2, 0) is 0 Å². The van der Waals surface area contributed by atoms with Crippen molar-refractivity contribution in [2.45, 2.75) is 27.2 Å². The quantitative estimate of drug-likeness (QED) is 0.473. The zero-order valence-corrected chi connectivity index (χ0v) is 19.7. The molecule has 2 aromatic carbocycles. The summed E-state index contributed by atoms with van der Waals surface area (Å²) in [6.45, 7) is 7.12. The molecule has 0 bridgehead atoms. The third-order valence-electron chi connectivity index (χ3n) is 4.82. The number of anilines is 1. The smallest absolute Gasteiger partial charge is 0.260 e. The lowest BCUT2D eigenvalue weighted by Gasteiger charge is -2.21. The van der Waals surface area contributed by atoms with Crippen molar-refractivity contribution in [3.05, 3.63) is 58.7 Å². The van der Waals surface area contributed by atoms with Crippen LogP contribution in [0.1, 0.15) is 45.2 Å². The van der Waals surface area contributed by atoms with E-state index in [2.05, 4.69) is 30.9 Å². The predicted molar refractivity (Wildman–Crippen MR) is 128 cm³/mol. The van der Waals surface area contributed by atoms with Crippen LogP contribution in [-0.4, -0.2) is 48.8 Å². The largest absolute Gasteiger partial charge is 0.309 e. The molecule has 0 aliphatic rings. The van der Waals surface area contributed by atoms with Gasteiger partial charge in [-0.25, -0.2) is 4.98 Å². The highest BCUT2D eigenvalue weighted by Crippen LogP contribution is 2.32. The Labute approximate surface area is 188 Å². The number of aromatic nitrogens is 1. The second-order valence-corrected chi connectivity index (χ2v) is 8.68. The van der Waals surface area contributed by atoms with Crippen LogP contribution in [0, 0.1) is 13.8 Å². The molecule has 160 valence electrons. The maximum absolute atomic E-state index is 13.3. The SMILES string of the molecule is CC(=O)c1ccc(C(=O)N(CCCN(C)C)c2nc3c(C)cc(C)cc3s2)cc1.Cl. The number of halogens is 1. The molecule has 0 fully saturated rings. The Morgan fingerprint density at radius 2 is 1.63 bits per heavy atom. The van der Waals surface area contributed by atoms with E-state index in [1.807, 2.05) is 14.1 Å². The van der Waals surface area contributed by atoms with Gasteiger partial charge in [-0.05, 0) is 77.2 Å². The van der Waals surface area contributed by atoms with Crippen molar-refractivity contribution < 1.29 is 9.59 Å². The van der Waals surface area contributed by atoms with Crippen molar-refractivity contribution in [2.24, 2.45) is 0 Å². The van der Waals surface area contributed by atoms with Gasteiger partial charge in [0.05, 0.1) is 10.2 Å². The molecule has 0 spiro atoms. The van der Waals surface area contributed by atoms with Gasteiger partial charge in [0.2, 0.25) is 0 Å². The minimum Gasteiger partial charge on any atom is -0.309 e. The van der Waals surface area contributed by atoms with Crippen molar-refractivity contribution in [1.29, 1.82) is 0 Å². The summed E-state index contributed by atoms with van der Waals surface area (Å²) in [6, 6.07) is 11.1. The Bertz CT molecular complexity index is 1040. The fourth-order valence-corrected chi connectivity index (χ4v) is 4.47. The number of carbonyl (C=O) groups is 2. The third-order valence-corrected chi connectivity index (χ3v) is 5.85. The molecular formula is C23H28ClN3O2S. The molecule has 1 aromatic heterocycles. The molecule has 30 heavy (non-hydrogen) atoms. The molecule has 0 unspecified atom stereocenters. The summed E-state index contributed by atoms with van der Waals surface area (Å²) in [7, 11) is 4.05. The van der Waals surface area contributed by atoms with E-state index >= 15 is 0 Å². The molecule has 5 nitrogen and oxygen atoms in total. The van der Waals surface area contributed by atoms with Gasteiger partial charge in [0.15, 0.2) is 10.9 Å². The van der Waals surface area contributed by atoms with E-state index in [-0.39, 0.29) is 24.1 Å². The van der Waals surface area contributed by atoms with Crippen LogP contribution in [0.3, 0.4) is 0 Å². The summed E-state index contributed by atoms with van der Waals surface area (Å²) in [5, 5.41) is 0.716. The van der Waals surface area contributed by atoms with E-state index in [1.54, 1.807) is 40.5 Å². The third kappa shape index (κ3) is 5.45. The van der Waals surface area contributed by atoms with Gasteiger partial charge >= 0.3 is 0 Å². The molecule has 0 atom stereocenters. The minimum absolute atomic E-state index is 0. The first kappa shape index (κ1) is 24.0. The van der Waals surface area contributed by atoms with Crippen molar-refractivity contribution in [2.75, 3.05) is 32.1 Å². The van der Waals surface area contributed by atoms with Crippen molar-refractivity contribution in [3.8, 4) is 0 Å². The summed E-state index contributed by atoms with van der Waals surface area (Å²) in [4.78, 5) is 33.5. The highest BCUT2D eigenvalue weighted by molar-refractivity contribution is 7.22. The molecule has 1 heterocycles. The summed E-state index contributed by atoms with van der Waals surface area (Å²) >= 11 is 1.55. The van der Waals surface area contributed by atoms with Crippen LogP contribution in [0.5, 0.6) is 0 Å². The van der Waals surface area contributed by atoms with Crippen molar-refractivity contribution >= 4 is 50.8 Å². The Kier molecular flexibility index (Phi) is 8.12. The minimum atomic E-state index is -0.0905. The molecule has 0 aliphatic heterocycles. The Balaban J connectivity index is 0.00000320. The van der Waals surface area contributed by atoms with Crippen LogP contribution >= 0.6 is 23.7 Å². The van der Waals surface area contributed by atoms with Crippen LogP contribution in [0.4, 0.5) is 5.13 Å².